The average molecular weight is 278 g/mol. The summed E-state index contributed by atoms with van der Waals surface area (Å²) in [5.74, 6) is -1.02. The fourth-order valence-corrected chi connectivity index (χ4v) is 1.91. The van der Waals surface area contributed by atoms with Gasteiger partial charge in [-0.05, 0) is 25.8 Å². The summed E-state index contributed by atoms with van der Waals surface area (Å²) < 4.78 is 4.79. The lowest BCUT2D eigenvalue weighted by Gasteiger charge is -2.16. The molecule has 5 heteroatoms. The molecule has 0 aromatic heterocycles. The Morgan fingerprint density at radius 1 is 1.40 bits per heavy atom. The van der Waals surface area contributed by atoms with Crippen LogP contribution in [-0.2, 0) is 20.7 Å². The molecule has 0 aliphatic heterocycles. The van der Waals surface area contributed by atoms with E-state index in [2.05, 4.69) is 5.32 Å². The molecule has 2 atom stereocenters. The summed E-state index contributed by atoms with van der Waals surface area (Å²) in [5, 5.41) is 2.67. The molecule has 3 N–H and O–H groups in total. The molecule has 1 amide bonds. The highest BCUT2D eigenvalue weighted by atomic mass is 16.5. The summed E-state index contributed by atoms with van der Waals surface area (Å²) in [4.78, 5) is 23.3. The molecule has 0 bridgehead atoms. The van der Waals surface area contributed by atoms with E-state index < -0.39 is 12.0 Å². The van der Waals surface area contributed by atoms with Gasteiger partial charge in [0.05, 0.1) is 19.1 Å². The molecule has 0 aliphatic carbocycles. The van der Waals surface area contributed by atoms with Gasteiger partial charge in [-0.3, -0.25) is 9.59 Å². The normalized spacial score (nSPS) is 13.4. The molecule has 110 valence electrons. The van der Waals surface area contributed by atoms with Crippen molar-refractivity contribution in [1.29, 1.82) is 0 Å². The van der Waals surface area contributed by atoms with Crippen LogP contribution in [-0.4, -0.2) is 31.6 Å². The first-order chi connectivity index (χ1) is 9.43. The number of ether oxygens (including phenoxy) is 1. The summed E-state index contributed by atoms with van der Waals surface area (Å²) in [5.41, 5.74) is 7.64. The van der Waals surface area contributed by atoms with Crippen LogP contribution < -0.4 is 11.1 Å². The van der Waals surface area contributed by atoms with Crippen molar-refractivity contribution in [2.45, 2.75) is 26.3 Å². The van der Waals surface area contributed by atoms with E-state index in [1.807, 2.05) is 31.2 Å². The van der Waals surface area contributed by atoms with Crippen LogP contribution in [0.2, 0.25) is 0 Å². The van der Waals surface area contributed by atoms with Crippen molar-refractivity contribution >= 4 is 11.9 Å². The molecular formula is C15H22N2O3. The molecule has 0 radical (unpaired) electrons. The maximum absolute atomic E-state index is 11.8. The van der Waals surface area contributed by atoms with E-state index in [9.17, 15) is 9.59 Å². The number of benzene rings is 1. The van der Waals surface area contributed by atoms with Gasteiger partial charge in [-0.1, -0.05) is 29.8 Å². The van der Waals surface area contributed by atoms with E-state index >= 15 is 0 Å². The molecule has 1 rings (SSSR count). The summed E-state index contributed by atoms with van der Waals surface area (Å²) >= 11 is 0. The second kappa shape index (κ2) is 7.65. The van der Waals surface area contributed by atoms with Crippen LogP contribution in [0.25, 0.3) is 0 Å². The predicted molar refractivity (Wildman–Crippen MR) is 77.0 cm³/mol. The van der Waals surface area contributed by atoms with Gasteiger partial charge in [0.1, 0.15) is 0 Å². The van der Waals surface area contributed by atoms with Gasteiger partial charge in [-0.15, -0.1) is 0 Å². The van der Waals surface area contributed by atoms with Crippen molar-refractivity contribution in [2.24, 2.45) is 11.7 Å². The SMILES string of the molecule is COC(=O)C(CNC(=O)[C@H](C)N)Cc1cccc(C)c1. The Kier molecular flexibility index (Phi) is 6.18. The van der Waals surface area contributed by atoms with Crippen LogP contribution in [0.5, 0.6) is 0 Å². The van der Waals surface area contributed by atoms with Crippen LogP contribution in [0, 0.1) is 12.8 Å². The minimum absolute atomic E-state index is 0.223. The largest absolute Gasteiger partial charge is 0.469 e. The summed E-state index contributed by atoms with van der Waals surface area (Å²) in [6, 6.07) is 7.32. The summed E-state index contributed by atoms with van der Waals surface area (Å²) in [7, 11) is 1.35. The molecule has 0 saturated carbocycles. The predicted octanol–water partition coefficient (Wildman–Crippen LogP) is 0.790. The first-order valence-corrected chi connectivity index (χ1v) is 6.60. The van der Waals surface area contributed by atoms with Crippen molar-refractivity contribution in [3.05, 3.63) is 35.4 Å². The van der Waals surface area contributed by atoms with E-state index in [1.54, 1.807) is 6.92 Å². The zero-order valence-electron chi connectivity index (χ0n) is 12.2. The third-order valence-corrected chi connectivity index (χ3v) is 3.04. The molecule has 0 fully saturated rings. The molecule has 0 aliphatic rings. The van der Waals surface area contributed by atoms with Gasteiger partial charge >= 0.3 is 5.97 Å². The number of nitrogens with two attached hydrogens (primary N) is 1. The number of carbonyl (C=O) groups is 2. The van der Waals surface area contributed by atoms with Crippen molar-refractivity contribution in [3.8, 4) is 0 Å². The number of nitrogens with one attached hydrogen (secondary N) is 1. The minimum Gasteiger partial charge on any atom is -0.469 e. The Labute approximate surface area is 119 Å². The van der Waals surface area contributed by atoms with Crippen LogP contribution in [0.4, 0.5) is 0 Å². The molecular weight excluding hydrogens is 256 g/mol. The maximum atomic E-state index is 11.8. The minimum atomic E-state index is -0.590. The average Bonchev–Trinajstić information content (AvgIpc) is 2.42. The quantitative estimate of drug-likeness (QED) is 0.754. The Morgan fingerprint density at radius 3 is 2.65 bits per heavy atom. The summed E-state index contributed by atoms with van der Waals surface area (Å²) in [6.45, 7) is 3.82. The number of methoxy groups -OCH3 is 1. The molecule has 5 nitrogen and oxygen atoms in total. The molecule has 1 unspecified atom stereocenters. The first kappa shape index (κ1) is 16.2. The van der Waals surface area contributed by atoms with E-state index in [0.29, 0.717) is 6.42 Å². The van der Waals surface area contributed by atoms with E-state index in [1.165, 1.54) is 7.11 Å². The summed E-state index contributed by atoms with van der Waals surface area (Å²) in [6.07, 6.45) is 0.521. The molecule has 0 spiro atoms. The van der Waals surface area contributed by atoms with Gasteiger partial charge < -0.3 is 15.8 Å². The van der Waals surface area contributed by atoms with Gasteiger partial charge in [-0.2, -0.15) is 0 Å². The lowest BCUT2D eigenvalue weighted by atomic mass is 9.98. The van der Waals surface area contributed by atoms with Gasteiger partial charge in [-0.25, -0.2) is 0 Å². The topological polar surface area (TPSA) is 81.4 Å². The number of amides is 1. The fraction of sp³-hybridized carbons (Fsp3) is 0.467. The third-order valence-electron chi connectivity index (χ3n) is 3.04. The second-order valence-corrected chi connectivity index (χ2v) is 4.95. The van der Waals surface area contributed by atoms with E-state index in [4.69, 9.17) is 10.5 Å². The number of hydrogen-bond donors (Lipinski definition) is 2. The van der Waals surface area contributed by atoms with Gasteiger partial charge in [0.25, 0.3) is 0 Å². The van der Waals surface area contributed by atoms with Gasteiger partial charge in [0, 0.05) is 6.54 Å². The molecule has 1 aromatic carbocycles. The van der Waals surface area contributed by atoms with Gasteiger partial charge in [0.2, 0.25) is 5.91 Å². The fourth-order valence-electron chi connectivity index (χ4n) is 1.91. The van der Waals surface area contributed by atoms with Crippen LogP contribution >= 0.6 is 0 Å². The third kappa shape index (κ3) is 5.01. The monoisotopic (exact) mass is 278 g/mol. The lowest BCUT2D eigenvalue weighted by molar-refractivity contribution is -0.145. The highest BCUT2D eigenvalue weighted by Crippen LogP contribution is 2.12. The molecule has 20 heavy (non-hydrogen) atoms. The standard InChI is InChI=1S/C15H22N2O3/c1-10-5-4-6-12(7-10)8-13(15(19)20-3)9-17-14(18)11(2)16/h4-7,11,13H,8-9,16H2,1-3H3,(H,17,18)/t11-,13?/m0/s1. The van der Waals surface area contributed by atoms with E-state index in [0.717, 1.165) is 11.1 Å². The van der Waals surface area contributed by atoms with Gasteiger partial charge in [0.15, 0.2) is 0 Å². The smallest absolute Gasteiger partial charge is 0.310 e. The number of rotatable bonds is 6. The lowest BCUT2D eigenvalue weighted by Crippen LogP contribution is -2.42. The molecule has 0 heterocycles. The highest BCUT2D eigenvalue weighted by Gasteiger charge is 2.21. The molecule has 1 aromatic rings. The second-order valence-electron chi connectivity index (χ2n) is 4.95. The van der Waals surface area contributed by atoms with Crippen molar-refractivity contribution in [3.63, 3.8) is 0 Å². The molecule has 0 saturated heterocycles. The van der Waals surface area contributed by atoms with E-state index in [-0.39, 0.29) is 18.4 Å². The van der Waals surface area contributed by atoms with Crippen molar-refractivity contribution < 1.29 is 14.3 Å². The Hall–Kier alpha value is -1.88. The zero-order valence-corrected chi connectivity index (χ0v) is 12.2. The number of hydrogen-bond acceptors (Lipinski definition) is 4. The van der Waals surface area contributed by atoms with Crippen molar-refractivity contribution in [1.82, 2.24) is 5.32 Å². The Morgan fingerprint density at radius 2 is 2.10 bits per heavy atom. The van der Waals surface area contributed by atoms with Crippen molar-refractivity contribution in [2.75, 3.05) is 13.7 Å². The number of esters is 1. The number of aryl methyl sites for hydroxylation is 1. The Balaban J connectivity index is 2.70. The van der Waals surface area contributed by atoms with Crippen LogP contribution in [0.1, 0.15) is 18.1 Å². The zero-order chi connectivity index (χ0) is 15.1. The maximum Gasteiger partial charge on any atom is 0.310 e. The highest BCUT2D eigenvalue weighted by molar-refractivity contribution is 5.82. The number of carbonyl (C=O) groups excluding carboxylic acids is 2. The van der Waals surface area contributed by atoms with Crippen LogP contribution in [0.15, 0.2) is 24.3 Å². The first-order valence-electron chi connectivity index (χ1n) is 6.60. The Bertz CT molecular complexity index is 472. The van der Waals surface area contributed by atoms with Crippen LogP contribution in [0.3, 0.4) is 0 Å².